The number of aryl methyl sites for hydroxylation is 1. The quantitative estimate of drug-likeness (QED) is 0.458. The van der Waals surface area contributed by atoms with Crippen LogP contribution in [0, 0.1) is 6.92 Å². The minimum Gasteiger partial charge on any atom is -0.495 e. The molecule has 0 amide bonds. The van der Waals surface area contributed by atoms with E-state index in [0.29, 0.717) is 16.9 Å². The maximum absolute atomic E-state index is 5.49. The maximum atomic E-state index is 5.49. The number of ether oxygens (including phenoxy) is 1. The third kappa shape index (κ3) is 4.37. The van der Waals surface area contributed by atoms with E-state index in [0.717, 1.165) is 10.6 Å². The molecule has 128 valence electrons. The highest BCUT2D eigenvalue weighted by molar-refractivity contribution is 7.99. The van der Waals surface area contributed by atoms with E-state index < -0.39 is 0 Å². The number of nitrogens with two attached hydrogens (primary N) is 1. The lowest BCUT2D eigenvalue weighted by Gasteiger charge is -2.11. The largest absolute Gasteiger partial charge is 0.495 e. The fourth-order valence-corrected chi connectivity index (χ4v) is 2.85. The van der Waals surface area contributed by atoms with Gasteiger partial charge in [-0.15, -0.1) is 0 Å². The molecule has 0 radical (unpaired) electrons. The highest BCUT2D eigenvalue weighted by Gasteiger charge is 2.10. The van der Waals surface area contributed by atoms with Crippen LogP contribution in [-0.4, -0.2) is 22.1 Å². The van der Waals surface area contributed by atoms with Crippen LogP contribution >= 0.6 is 11.8 Å². The molecule has 0 saturated heterocycles. The summed E-state index contributed by atoms with van der Waals surface area (Å²) in [5.74, 6) is 6.83. The fraction of sp³-hybridized carbons (Fsp3) is 0.118. The summed E-state index contributed by atoms with van der Waals surface area (Å²) in [7, 11) is 1.61. The summed E-state index contributed by atoms with van der Waals surface area (Å²) in [6.07, 6.45) is 0. The van der Waals surface area contributed by atoms with Crippen molar-refractivity contribution in [1.82, 2.24) is 15.0 Å². The molecule has 25 heavy (non-hydrogen) atoms. The molecule has 3 rings (SSSR count). The van der Waals surface area contributed by atoms with E-state index in [9.17, 15) is 0 Å². The zero-order valence-corrected chi connectivity index (χ0v) is 14.7. The van der Waals surface area contributed by atoms with Crippen LogP contribution in [0.4, 0.5) is 17.6 Å². The number of anilines is 3. The van der Waals surface area contributed by atoms with Crippen molar-refractivity contribution < 1.29 is 4.74 Å². The summed E-state index contributed by atoms with van der Waals surface area (Å²) in [4.78, 5) is 14.0. The van der Waals surface area contributed by atoms with Crippen LogP contribution in [0.1, 0.15) is 5.56 Å². The number of hydrogen-bond donors (Lipinski definition) is 3. The zero-order valence-electron chi connectivity index (χ0n) is 13.9. The first-order valence-electron chi connectivity index (χ1n) is 7.55. The van der Waals surface area contributed by atoms with Gasteiger partial charge >= 0.3 is 0 Å². The fourth-order valence-electron chi connectivity index (χ4n) is 2.10. The van der Waals surface area contributed by atoms with Gasteiger partial charge in [-0.05, 0) is 43.0 Å². The second-order valence-corrected chi connectivity index (χ2v) is 6.19. The monoisotopic (exact) mass is 354 g/mol. The third-order valence-corrected chi connectivity index (χ3v) is 4.20. The molecule has 0 fully saturated rings. The molecule has 8 heteroatoms. The molecule has 7 nitrogen and oxygen atoms in total. The van der Waals surface area contributed by atoms with E-state index in [1.807, 2.05) is 55.5 Å². The van der Waals surface area contributed by atoms with E-state index >= 15 is 0 Å². The summed E-state index contributed by atoms with van der Waals surface area (Å²) >= 11 is 1.43. The number of benzene rings is 2. The zero-order chi connectivity index (χ0) is 17.6. The molecule has 0 bridgehead atoms. The predicted octanol–water partition coefficient (Wildman–Crippen LogP) is 3.37. The van der Waals surface area contributed by atoms with Crippen molar-refractivity contribution in [2.75, 3.05) is 17.9 Å². The molecule has 0 aliphatic carbocycles. The van der Waals surface area contributed by atoms with Gasteiger partial charge in [0.15, 0.2) is 5.16 Å². The Labute approximate surface area is 150 Å². The summed E-state index contributed by atoms with van der Waals surface area (Å²) in [5, 5.41) is 3.67. The Morgan fingerprint density at radius 2 is 1.68 bits per heavy atom. The molecule has 0 atom stereocenters. The van der Waals surface area contributed by atoms with E-state index in [4.69, 9.17) is 10.6 Å². The molecule has 0 spiro atoms. The first-order valence-corrected chi connectivity index (χ1v) is 8.37. The van der Waals surface area contributed by atoms with Gasteiger partial charge in [0.2, 0.25) is 11.9 Å². The third-order valence-electron chi connectivity index (χ3n) is 3.33. The van der Waals surface area contributed by atoms with Gasteiger partial charge in [-0.2, -0.15) is 15.0 Å². The van der Waals surface area contributed by atoms with Crippen LogP contribution in [0.2, 0.25) is 0 Å². The van der Waals surface area contributed by atoms with Crippen LogP contribution in [0.3, 0.4) is 0 Å². The van der Waals surface area contributed by atoms with Gasteiger partial charge in [-0.25, -0.2) is 5.84 Å². The normalized spacial score (nSPS) is 10.4. The van der Waals surface area contributed by atoms with Crippen LogP contribution in [0.15, 0.2) is 58.6 Å². The Hall–Kier alpha value is -2.84. The lowest BCUT2D eigenvalue weighted by atomic mass is 10.2. The van der Waals surface area contributed by atoms with E-state index in [2.05, 4.69) is 25.7 Å². The Bertz CT molecular complexity index is 856. The van der Waals surface area contributed by atoms with Crippen molar-refractivity contribution in [3.63, 3.8) is 0 Å². The van der Waals surface area contributed by atoms with Gasteiger partial charge in [0, 0.05) is 4.90 Å². The number of rotatable bonds is 6. The molecule has 3 aromatic rings. The summed E-state index contributed by atoms with van der Waals surface area (Å²) in [6, 6.07) is 15.6. The standard InChI is InChI=1S/C17H18N6OS/c1-11-7-9-12(10-8-11)25-17-21-15(20-16(22-17)23-18)19-13-5-3-4-6-14(13)24-2/h3-10H,18H2,1-2H3,(H2,19,20,21,22,23). The van der Waals surface area contributed by atoms with Crippen LogP contribution < -0.4 is 21.3 Å². The molecular formula is C17H18N6OS. The van der Waals surface area contributed by atoms with Gasteiger partial charge in [0.05, 0.1) is 12.8 Å². The lowest BCUT2D eigenvalue weighted by molar-refractivity contribution is 0.417. The van der Waals surface area contributed by atoms with Crippen molar-refractivity contribution in [2.45, 2.75) is 17.0 Å². The minimum absolute atomic E-state index is 0.280. The average molecular weight is 354 g/mol. The first-order chi connectivity index (χ1) is 12.2. The number of nitrogen functional groups attached to an aromatic ring is 1. The summed E-state index contributed by atoms with van der Waals surface area (Å²) < 4.78 is 5.33. The molecule has 0 aliphatic heterocycles. The van der Waals surface area contributed by atoms with Gasteiger partial charge in [0.1, 0.15) is 5.75 Å². The average Bonchev–Trinajstić information content (AvgIpc) is 2.64. The van der Waals surface area contributed by atoms with Crippen molar-refractivity contribution in [1.29, 1.82) is 0 Å². The lowest BCUT2D eigenvalue weighted by Crippen LogP contribution is -2.13. The van der Waals surface area contributed by atoms with Crippen molar-refractivity contribution in [2.24, 2.45) is 5.84 Å². The van der Waals surface area contributed by atoms with Crippen molar-refractivity contribution in [3.05, 3.63) is 54.1 Å². The van der Waals surface area contributed by atoms with Gasteiger partial charge in [-0.1, -0.05) is 29.8 Å². The predicted molar refractivity (Wildman–Crippen MR) is 99.2 cm³/mol. The molecule has 1 aromatic heterocycles. The minimum atomic E-state index is 0.280. The number of nitrogens with one attached hydrogen (secondary N) is 2. The Morgan fingerprint density at radius 3 is 2.40 bits per heavy atom. The SMILES string of the molecule is COc1ccccc1Nc1nc(NN)nc(Sc2ccc(C)cc2)n1. The molecule has 4 N–H and O–H groups in total. The second kappa shape index (κ2) is 7.82. The van der Waals surface area contributed by atoms with Crippen LogP contribution in [0.5, 0.6) is 5.75 Å². The van der Waals surface area contributed by atoms with Crippen molar-refractivity contribution in [3.8, 4) is 5.75 Å². The van der Waals surface area contributed by atoms with Crippen LogP contribution in [0.25, 0.3) is 0 Å². The summed E-state index contributed by atoms with van der Waals surface area (Å²) in [6.45, 7) is 2.04. The number of para-hydroxylation sites is 2. The van der Waals surface area contributed by atoms with Gasteiger partial charge < -0.3 is 10.1 Å². The molecule has 0 saturated carbocycles. The van der Waals surface area contributed by atoms with Crippen LogP contribution in [-0.2, 0) is 0 Å². The maximum Gasteiger partial charge on any atom is 0.242 e. The van der Waals surface area contributed by atoms with Gasteiger partial charge in [0.25, 0.3) is 0 Å². The second-order valence-electron chi connectivity index (χ2n) is 5.15. The Balaban J connectivity index is 1.88. The smallest absolute Gasteiger partial charge is 0.242 e. The number of methoxy groups -OCH3 is 1. The molecule has 1 heterocycles. The first kappa shape index (κ1) is 17.0. The summed E-state index contributed by atoms with van der Waals surface area (Å²) in [5.41, 5.74) is 4.42. The highest BCUT2D eigenvalue weighted by atomic mass is 32.2. The topological polar surface area (TPSA) is 98.0 Å². The Kier molecular flexibility index (Phi) is 5.32. The highest BCUT2D eigenvalue weighted by Crippen LogP contribution is 2.29. The molecule has 0 aliphatic rings. The van der Waals surface area contributed by atoms with E-state index in [1.54, 1.807) is 7.11 Å². The molecule has 2 aromatic carbocycles. The van der Waals surface area contributed by atoms with E-state index in [-0.39, 0.29) is 5.95 Å². The molecular weight excluding hydrogens is 336 g/mol. The molecule has 0 unspecified atom stereocenters. The number of hydrazine groups is 1. The number of nitrogens with zero attached hydrogens (tertiary/aromatic N) is 3. The number of aromatic nitrogens is 3. The van der Waals surface area contributed by atoms with E-state index in [1.165, 1.54) is 17.3 Å². The van der Waals surface area contributed by atoms with Crippen molar-refractivity contribution >= 4 is 29.3 Å². The van der Waals surface area contributed by atoms with Gasteiger partial charge in [-0.3, -0.25) is 5.43 Å². The Morgan fingerprint density at radius 1 is 0.960 bits per heavy atom. The number of hydrogen-bond acceptors (Lipinski definition) is 8.